The molecular weight excluding hydrogens is 254 g/mol. The molecule has 20 heavy (non-hydrogen) atoms. The third-order valence-electron chi connectivity index (χ3n) is 3.68. The molecule has 1 aliphatic rings. The molecule has 0 saturated carbocycles. The van der Waals surface area contributed by atoms with Gasteiger partial charge in [0.25, 0.3) is 0 Å². The van der Waals surface area contributed by atoms with Gasteiger partial charge in [-0.1, -0.05) is 13.3 Å². The molecule has 1 amide bonds. The van der Waals surface area contributed by atoms with E-state index in [2.05, 4.69) is 12.2 Å². The Morgan fingerprint density at radius 2 is 2.30 bits per heavy atom. The van der Waals surface area contributed by atoms with Gasteiger partial charge in [-0.3, -0.25) is 4.79 Å². The van der Waals surface area contributed by atoms with Crippen molar-refractivity contribution in [3.05, 3.63) is 28.8 Å². The summed E-state index contributed by atoms with van der Waals surface area (Å²) >= 11 is 0. The number of benzene rings is 1. The number of ether oxygens (including phenoxy) is 1. The van der Waals surface area contributed by atoms with Gasteiger partial charge in [-0.05, 0) is 36.6 Å². The first-order valence-corrected chi connectivity index (χ1v) is 7.25. The zero-order valence-corrected chi connectivity index (χ0v) is 12.4. The van der Waals surface area contributed by atoms with Crippen molar-refractivity contribution >= 4 is 5.91 Å². The molecule has 1 aromatic rings. The first kappa shape index (κ1) is 14.9. The van der Waals surface area contributed by atoms with Crippen molar-refractivity contribution in [1.82, 2.24) is 5.32 Å². The number of aryl methyl sites for hydroxylation is 1. The summed E-state index contributed by atoms with van der Waals surface area (Å²) in [7, 11) is 0. The molecule has 0 spiro atoms. The number of fused-ring (bicyclic) bond motifs is 1. The zero-order valence-electron chi connectivity index (χ0n) is 12.4. The number of aliphatic hydroxyl groups is 1. The van der Waals surface area contributed by atoms with Gasteiger partial charge in [-0.2, -0.15) is 0 Å². The quantitative estimate of drug-likeness (QED) is 0.889. The lowest BCUT2D eigenvalue weighted by Gasteiger charge is -2.29. The molecule has 0 radical (unpaired) electrons. The molecule has 2 unspecified atom stereocenters. The van der Waals surface area contributed by atoms with Crippen LogP contribution in [0.1, 0.15) is 61.9 Å². The summed E-state index contributed by atoms with van der Waals surface area (Å²) in [4.78, 5) is 11.3. The summed E-state index contributed by atoms with van der Waals surface area (Å²) in [6.07, 6.45) is 1.98. The molecular formula is C16H23NO3. The first-order valence-electron chi connectivity index (χ1n) is 7.25. The highest BCUT2D eigenvalue weighted by molar-refractivity contribution is 5.73. The van der Waals surface area contributed by atoms with Crippen molar-refractivity contribution < 1.29 is 14.6 Å². The van der Waals surface area contributed by atoms with Crippen molar-refractivity contribution in [1.29, 1.82) is 0 Å². The van der Waals surface area contributed by atoms with Crippen molar-refractivity contribution in [2.24, 2.45) is 0 Å². The van der Waals surface area contributed by atoms with Crippen LogP contribution in [0, 0.1) is 6.92 Å². The number of amides is 1. The molecule has 1 heterocycles. The summed E-state index contributed by atoms with van der Waals surface area (Å²) in [6.45, 7) is 6.17. The molecule has 1 aromatic carbocycles. The minimum Gasteiger partial charge on any atom is -0.493 e. The van der Waals surface area contributed by atoms with Crippen LogP contribution in [-0.4, -0.2) is 17.6 Å². The second kappa shape index (κ2) is 6.27. The Morgan fingerprint density at radius 1 is 1.55 bits per heavy atom. The van der Waals surface area contributed by atoms with E-state index >= 15 is 0 Å². The predicted molar refractivity (Wildman–Crippen MR) is 77.7 cm³/mol. The van der Waals surface area contributed by atoms with Gasteiger partial charge in [0.05, 0.1) is 18.8 Å². The van der Waals surface area contributed by atoms with Crippen molar-refractivity contribution in [3.8, 4) is 5.75 Å². The highest BCUT2D eigenvalue weighted by atomic mass is 16.5. The minimum absolute atomic E-state index is 0.0243. The Hall–Kier alpha value is -1.55. The Kier molecular flexibility index (Phi) is 4.65. The summed E-state index contributed by atoms with van der Waals surface area (Å²) in [5, 5.41) is 13.1. The van der Waals surface area contributed by atoms with Gasteiger partial charge in [0.1, 0.15) is 5.75 Å². The fourth-order valence-electron chi connectivity index (χ4n) is 2.75. The Labute approximate surface area is 120 Å². The minimum atomic E-state index is -0.455. The Balaban J connectivity index is 2.37. The van der Waals surface area contributed by atoms with Crippen LogP contribution in [0.5, 0.6) is 5.75 Å². The van der Waals surface area contributed by atoms with E-state index in [1.165, 1.54) is 6.92 Å². The van der Waals surface area contributed by atoms with Crippen LogP contribution in [0.15, 0.2) is 12.1 Å². The standard InChI is InChI=1S/C16H23NO3/c1-4-5-15(19)12-8-10(2)16-13(9-12)14(6-7-20-16)17-11(3)18/h8-9,14-15,19H,4-7H2,1-3H3,(H,17,18). The van der Waals surface area contributed by atoms with Crippen LogP contribution < -0.4 is 10.1 Å². The van der Waals surface area contributed by atoms with E-state index in [-0.39, 0.29) is 11.9 Å². The second-order valence-corrected chi connectivity index (χ2v) is 5.45. The van der Waals surface area contributed by atoms with Crippen LogP contribution in [0.3, 0.4) is 0 Å². The molecule has 0 bridgehead atoms. The van der Waals surface area contributed by atoms with Gasteiger partial charge in [0, 0.05) is 18.9 Å². The van der Waals surface area contributed by atoms with Gasteiger partial charge >= 0.3 is 0 Å². The van der Waals surface area contributed by atoms with E-state index < -0.39 is 6.10 Å². The molecule has 0 aliphatic carbocycles. The molecule has 0 aromatic heterocycles. The van der Waals surface area contributed by atoms with Gasteiger partial charge in [-0.25, -0.2) is 0 Å². The third-order valence-corrected chi connectivity index (χ3v) is 3.68. The van der Waals surface area contributed by atoms with Crippen molar-refractivity contribution in [3.63, 3.8) is 0 Å². The van der Waals surface area contributed by atoms with Crippen LogP contribution in [0.2, 0.25) is 0 Å². The highest BCUT2D eigenvalue weighted by Gasteiger charge is 2.25. The number of hydrogen-bond acceptors (Lipinski definition) is 3. The maximum absolute atomic E-state index is 11.3. The molecule has 2 atom stereocenters. The maximum Gasteiger partial charge on any atom is 0.217 e. The molecule has 2 rings (SSSR count). The monoisotopic (exact) mass is 277 g/mol. The lowest BCUT2D eigenvalue weighted by Crippen LogP contribution is -2.30. The number of nitrogens with one attached hydrogen (secondary N) is 1. The fraction of sp³-hybridized carbons (Fsp3) is 0.562. The first-order chi connectivity index (χ1) is 9.52. The lowest BCUT2D eigenvalue weighted by atomic mass is 9.92. The van der Waals surface area contributed by atoms with E-state index in [1.54, 1.807) is 0 Å². The van der Waals surface area contributed by atoms with E-state index in [9.17, 15) is 9.90 Å². The van der Waals surface area contributed by atoms with Gasteiger partial charge < -0.3 is 15.2 Å². The second-order valence-electron chi connectivity index (χ2n) is 5.45. The highest BCUT2D eigenvalue weighted by Crippen LogP contribution is 2.37. The summed E-state index contributed by atoms with van der Waals surface area (Å²) in [6, 6.07) is 3.93. The number of aliphatic hydroxyl groups excluding tert-OH is 1. The normalized spacial score (nSPS) is 18.9. The number of rotatable bonds is 4. The molecule has 4 nitrogen and oxygen atoms in total. The smallest absolute Gasteiger partial charge is 0.217 e. The van der Waals surface area contributed by atoms with Crippen LogP contribution >= 0.6 is 0 Å². The summed E-state index contributed by atoms with van der Waals surface area (Å²) in [5.74, 6) is 0.808. The van der Waals surface area contributed by atoms with E-state index in [1.807, 2.05) is 19.1 Å². The van der Waals surface area contributed by atoms with Crippen LogP contribution in [0.25, 0.3) is 0 Å². The third kappa shape index (κ3) is 3.12. The number of carbonyl (C=O) groups is 1. The van der Waals surface area contributed by atoms with E-state index in [4.69, 9.17) is 4.74 Å². The molecule has 0 saturated heterocycles. The Bertz CT molecular complexity index is 499. The topological polar surface area (TPSA) is 58.6 Å². The van der Waals surface area contributed by atoms with E-state index in [0.717, 1.165) is 41.7 Å². The van der Waals surface area contributed by atoms with Gasteiger partial charge in [-0.15, -0.1) is 0 Å². The summed E-state index contributed by atoms with van der Waals surface area (Å²) in [5.41, 5.74) is 2.91. The van der Waals surface area contributed by atoms with Crippen LogP contribution in [-0.2, 0) is 4.79 Å². The molecule has 110 valence electrons. The molecule has 0 fully saturated rings. The largest absolute Gasteiger partial charge is 0.493 e. The van der Waals surface area contributed by atoms with Crippen molar-refractivity contribution in [2.45, 2.75) is 52.2 Å². The van der Waals surface area contributed by atoms with E-state index in [0.29, 0.717) is 6.61 Å². The SMILES string of the molecule is CCCC(O)c1cc(C)c2c(c1)C(NC(C)=O)CCO2. The number of carbonyl (C=O) groups excluding carboxylic acids is 1. The molecule has 4 heteroatoms. The predicted octanol–water partition coefficient (Wildman–Crippen LogP) is 2.79. The zero-order chi connectivity index (χ0) is 14.7. The average molecular weight is 277 g/mol. The van der Waals surface area contributed by atoms with Crippen molar-refractivity contribution in [2.75, 3.05) is 6.61 Å². The van der Waals surface area contributed by atoms with Gasteiger partial charge in [0.2, 0.25) is 5.91 Å². The maximum atomic E-state index is 11.3. The molecule has 2 N–H and O–H groups in total. The fourth-order valence-corrected chi connectivity index (χ4v) is 2.75. The lowest BCUT2D eigenvalue weighted by molar-refractivity contribution is -0.119. The Morgan fingerprint density at radius 3 is 2.95 bits per heavy atom. The van der Waals surface area contributed by atoms with Gasteiger partial charge in [0.15, 0.2) is 0 Å². The number of hydrogen-bond donors (Lipinski definition) is 2. The average Bonchev–Trinajstić information content (AvgIpc) is 2.39. The summed E-state index contributed by atoms with van der Waals surface area (Å²) < 4.78 is 5.73. The van der Waals surface area contributed by atoms with Crippen LogP contribution in [0.4, 0.5) is 0 Å². The molecule has 1 aliphatic heterocycles.